The maximum Gasteiger partial charge on any atom is 0.240 e. The lowest BCUT2D eigenvalue weighted by atomic mass is 10.2. The van der Waals surface area contributed by atoms with Gasteiger partial charge in [0.05, 0.1) is 23.0 Å². The molecule has 0 saturated carbocycles. The summed E-state index contributed by atoms with van der Waals surface area (Å²) in [4.78, 5) is 0.245. The predicted octanol–water partition coefficient (Wildman–Crippen LogP) is 5.51. The molecule has 0 saturated heterocycles. The molecule has 0 aromatic heterocycles. The maximum atomic E-state index is 12.4. The topological polar surface area (TPSA) is 187 Å². The Labute approximate surface area is 290 Å². The largest absolute Gasteiger partial charge is 0.494 e. The molecule has 262 valence electrons. The van der Waals surface area contributed by atoms with Crippen molar-refractivity contribution in [3.8, 4) is 11.5 Å². The molecule has 4 rings (SSSR count). The minimum atomic E-state index is -3.67. The molecule has 0 aliphatic carbocycles. The molecule has 0 spiro atoms. The zero-order valence-corrected chi connectivity index (χ0v) is 29.4. The molecule has 0 heterocycles. The molecule has 0 amide bonds. The van der Waals surface area contributed by atoms with Gasteiger partial charge >= 0.3 is 0 Å². The van der Waals surface area contributed by atoms with Crippen LogP contribution in [0.15, 0.2) is 113 Å². The Balaban J connectivity index is 0.000000266. The monoisotopic (exact) mass is 707 g/mol. The van der Waals surface area contributed by atoms with E-state index in [1.54, 1.807) is 24.3 Å². The Bertz CT molecular complexity index is 1900. The molecule has 0 unspecified atom stereocenters. The summed E-state index contributed by atoms with van der Waals surface area (Å²) in [6.45, 7) is 9.47. The summed E-state index contributed by atoms with van der Waals surface area (Å²) in [5.41, 5.74) is 14.0. The van der Waals surface area contributed by atoms with E-state index in [4.69, 9.17) is 26.4 Å². The number of nitrogens with one attached hydrogen (secondary N) is 3. The molecule has 7 N–H and O–H groups in total. The Morgan fingerprint density at radius 3 is 1.55 bits per heavy atom. The third kappa shape index (κ3) is 12.7. The molecule has 0 aliphatic heterocycles. The lowest BCUT2D eigenvalue weighted by Crippen LogP contribution is -2.23. The number of unbranched alkanes of at least 4 members (excludes halogenated alkanes) is 1. The smallest absolute Gasteiger partial charge is 0.240 e. The lowest BCUT2D eigenvalue weighted by Gasteiger charge is -2.09. The van der Waals surface area contributed by atoms with E-state index in [1.807, 2.05) is 55.5 Å². The highest BCUT2D eigenvalue weighted by molar-refractivity contribution is 7.89. The van der Waals surface area contributed by atoms with Crippen LogP contribution in [-0.4, -0.2) is 35.9 Å². The molecule has 0 atom stereocenters. The highest BCUT2D eigenvalue weighted by Crippen LogP contribution is 2.17. The minimum absolute atomic E-state index is 0.0816. The van der Waals surface area contributed by atoms with Crippen LogP contribution in [-0.2, 0) is 33.1 Å². The van der Waals surface area contributed by atoms with E-state index < -0.39 is 20.0 Å². The number of ether oxygens (including phenoxy) is 2. The first-order chi connectivity index (χ1) is 23.3. The van der Waals surface area contributed by atoms with Crippen molar-refractivity contribution in [2.24, 2.45) is 11.5 Å². The van der Waals surface area contributed by atoms with Crippen molar-refractivity contribution in [3.05, 3.63) is 126 Å². The highest BCUT2D eigenvalue weighted by atomic mass is 32.2. The molecule has 0 fully saturated rings. The van der Waals surface area contributed by atoms with Crippen LogP contribution in [0.25, 0.3) is 5.70 Å². The minimum Gasteiger partial charge on any atom is -0.494 e. The Morgan fingerprint density at radius 1 is 0.673 bits per heavy atom. The summed E-state index contributed by atoms with van der Waals surface area (Å²) in [6, 6.07) is 27.1. The fourth-order valence-corrected chi connectivity index (χ4v) is 6.30. The van der Waals surface area contributed by atoms with E-state index in [1.165, 1.54) is 24.3 Å². The number of hydrogen-bond donors (Lipinski definition) is 5. The molecule has 4 aromatic rings. The van der Waals surface area contributed by atoms with Crippen LogP contribution in [0.3, 0.4) is 0 Å². The first-order valence-corrected chi connectivity index (χ1v) is 18.7. The Hall–Kier alpha value is -4.69. The fourth-order valence-electron chi connectivity index (χ4n) is 4.18. The zero-order valence-electron chi connectivity index (χ0n) is 27.8. The summed E-state index contributed by atoms with van der Waals surface area (Å²) < 4.78 is 65.7. The normalized spacial score (nSPS) is 11.2. The van der Waals surface area contributed by atoms with Gasteiger partial charge in [0.25, 0.3) is 0 Å². The van der Waals surface area contributed by atoms with E-state index in [-0.39, 0.29) is 28.7 Å². The summed E-state index contributed by atoms with van der Waals surface area (Å²) in [7, 11) is -7.29. The molecular weight excluding hydrogens is 663 g/mol. The second-order valence-electron chi connectivity index (χ2n) is 11.0. The quantitative estimate of drug-likeness (QED) is 0.0540. The van der Waals surface area contributed by atoms with Gasteiger partial charge in [-0.2, -0.15) is 0 Å². The molecule has 0 radical (unpaired) electrons. The summed E-state index contributed by atoms with van der Waals surface area (Å²) in [5, 5.41) is 7.39. The molecule has 13 heteroatoms. The first kappa shape index (κ1) is 38.8. The van der Waals surface area contributed by atoms with Crippen molar-refractivity contribution in [1.29, 1.82) is 5.41 Å². The Morgan fingerprint density at radius 2 is 1.12 bits per heavy atom. The Kier molecular flexibility index (Phi) is 14.8. The molecule has 0 bridgehead atoms. The van der Waals surface area contributed by atoms with Crippen LogP contribution < -0.4 is 30.4 Å². The molecule has 0 aliphatic rings. The standard InChI is InChI=1S/C19H24N2O3S.C17H21N3O3S/c1-3-4-12-24-18-10-8-16(9-11-18)14-21-25(22,23)19-7-5-6-17(13-19)15(2)20;1-2-10-23-15-8-6-13(7-9-15)12-20-24(21,22)16-5-3-4-14(11-16)17(18)19/h5-11,13,21H,2-4,12,14,20H2,1H3;3-9,11,20H,2,10,12H2,1H3,(H3,18,19). The average Bonchev–Trinajstić information content (AvgIpc) is 3.10. The molecular formula is C36H45N5O6S2. The van der Waals surface area contributed by atoms with E-state index in [9.17, 15) is 16.8 Å². The molecule has 49 heavy (non-hydrogen) atoms. The average molecular weight is 708 g/mol. The van der Waals surface area contributed by atoms with E-state index in [0.29, 0.717) is 30.0 Å². The second-order valence-corrected chi connectivity index (χ2v) is 14.5. The van der Waals surface area contributed by atoms with Gasteiger partial charge in [-0.15, -0.1) is 0 Å². The van der Waals surface area contributed by atoms with Gasteiger partial charge in [0.1, 0.15) is 17.3 Å². The van der Waals surface area contributed by atoms with Crippen molar-refractivity contribution >= 4 is 31.6 Å². The van der Waals surface area contributed by atoms with Crippen LogP contribution in [0.5, 0.6) is 11.5 Å². The number of hydrogen-bond acceptors (Lipinski definition) is 8. The third-order valence-electron chi connectivity index (χ3n) is 6.99. The summed E-state index contributed by atoms with van der Waals surface area (Å²) in [5.74, 6) is 1.38. The van der Waals surface area contributed by atoms with Crippen molar-refractivity contribution in [2.45, 2.75) is 56.0 Å². The van der Waals surface area contributed by atoms with Gasteiger partial charge in [-0.05, 0) is 78.1 Å². The van der Waals surface area contributed by atoms with E-state index in [0.717, 1.165) is 41.9 Å². The van der Waals surface area contributed by atoms with Crippen molar-refractivity contribution in [3.63, 3.8) is 0 Å². The van der Waals surface area contributed by atoms with E-state index >= 15 is 0 Å². The van der Waals surface area contributed by atoms with Gasteiger partial charge in [-0.3, -0.25) is 5.41 Å². The van der Waals surface area contributed by atoms with Gasteiger partial charge in [0.15, 0.2) is 0 Å². The first-order valence-electron chi connectivity index (χ1n) is 15.8. The van der Waals surface area contributed by atoms with Crippen LogP contribution in [0, 0.1) is 5.41 Å². The van der Waals surface area contributed by atoms with Gasteiger partial charge in [-0.25, -0.2) is 26.3 Å². The van der Waals surface area contributed by atoms with Gasteiger partial charge in [-0.1, -0.05) is 75.4 Å². The molecule has 11 nitrogen and oxygen atoms in total. The lowest BCUT2D eigenvalue weighted by molar-refractivity contribution is 0.309. The van der Waals surface area contributed by atoms with E-state index in [2.05, 4.69) is 22.9 Å². The van der Waals surface area contributed by atoms with Crippen molar-refractivity contribution < 1.29 is 26.3 Å². The SMILES string of the molecule is C=C(N)c1cccc(S(=O)(=O)NCc2ccc(OCCCC)cc2)c1.CCCOc1ccc(CNS(=O)(=O)c2cccc(C(=N)N)c2)cc1. The number of amidine groups is 1. The molecule has 4 aromatic carbocycles. The predicted molar refractivity (Wildman–Crippen MR) is 194 cm³/mol. The van der Waals surface area contributed by atoms with Crippen LogP contribution in [0.2, 0.25) is 0 Å². The third-order valence-corrected chi connectivity index (χ3v) is 9.79. The number of nitrogens with two attached hydrogens (primary N) is 2. The fraction of sp³-hybridized carbons (Fsp3) is 0.250. The van der Waals surface area contributed by atoms with Crippen LogP contribution in [0.1, 0.15) is 55.4 Å². The summed E-state index contributed by atoms with van der Waals surface area (Å²) >= 11 is 0. The number of nitrogen functional groups attached to an aromatic ring is 1. The second kappa shape index (κ2) is 18.7. The highest BCUT2D eigenvalue weighted by Gasteiger charge is 2.16. The number of rotatable bonds is 17. The van der Waals surface area contributed by atoms with Crippen LogP contribution in [0.4, 0.5) is 0 Å². The zero-order chi connectivity index (χ0) is 35.9. The van der Waals surface area contributed by atoms with Crippen molar-refractivity contribution in [1.82, 2.24) is 9.44 Å². The van der Waals surface area contributed by atoms with Gasteiger partial charge in [0.2, 0.25) is 20.0 Å². The maximum absolute atomic E-state index is 12.4. The van der Waals surface area contributed by atoms with Gasteiger partial charge < -0.3 is 20.9 Å². The summed E-state index contributed by atoms with van der Waals surface area (Å²) in [6.07, 6.45) is 3.02. The number of benzene rings is 4. The number of sulfonamides is 2. The van der Waals surface area contributed by atoms with Gasteiger partial charge in [0, 0.05) is 24.4 Å². The van der Waals surface area contributed by atoms with Crippen LogP contribution >= 0.6 is 0 Å². The van der Waals surface area contributed by atoms with Crippen molar-refractivity contribution in [2.75, 3.05) is 13.2 Å².